The number of hydrogen-bond donors (Lipinski definition) is 0. The van der Waals surface area contributed by atoms with Crippen LogP contribution in [0.2, 0.25) is 0 Å². The molecule has 0 aliphatic rings. The molecule has 3 aromatic rings. The molecule has 2 amide bonds. The van der Waals surface area contributed by atoms with Crippen LogP contribution in [0.1, 0.15) is 30.2 Å². The summed E-state index contributed by atoms with van der Waals surface area (Å²) in [5.41, 5.74) is 3.09. The van der Waals surface area contributed by atoms with Gasteiger partial charge < -0.3 is 19.1 Å². The molecule has 0 aliphatic heterocycles. The number of nitrogens with zero attached hydrogens (tertiary/aromatic N) is 3. The standard InChI is InChI=1S/C27H31Cl2N3O3/c1-3-14-31(27(34)26(28)29)20-25(33)32(17-21-9-5-4-6-10-21)19-23-12-8-15-30(23)18-22-11-7-13-24(16-22)35-2/h4-13,15-16,26H,3,14,17-20H2,1-2H3. The van der Waals surface area contributed by atoms with E-state index in [9.17, 15) is 9.59 Å². The molecule has 0 N–H and O–H groups in total. The lowest BCUT2D eigenvalue weighted by molar-refractivity contribution is -0.140. The Labute approximate surface area is 217 Å². The summed E-state index contributed by atoms with van der Waals surface area (Å²) in [6.07, 6.45) is 2.69. The smallest absolute Gasteiger partial charge is 0.256 e. The van der Waals surface area contributed by atoms with E-state index >= 15 is 0 Å². The fourth-order valence-corrected chi connectivity index (χ4v) is 4.16. The van der Waals surface area contributed by atoms with Crippen LogP contribution in [-0.4, -0.2) is 51.2 Å². The van der Waals surface area contributed by atoms with Crippen molar-refractivity contribution in [2.75, 3.05) is 20.2 Å². The van der Waals surface area contributed by atoms with Gasteiger partial charge in [0.1, 0.15) is 5.75 Å². The quantitative estimate of drug-likeness (QED) is 0.314. The van der Waals surface area contributed by atoms with Gasteiger partial charge in [0, 0.05) is 31.5 Å². The van der Waals surface area contributed by atoms with Gasteiger partial charge in [-0.15, -0.1) is 0 Å². The molecule has 3 rings (SSSR count). The second-order valence-corrected chi connectivity index (χ2v) is 9.37. The van der Waals surface area contributed by atoms with Gasteiger partial charge in [0.2, 0.25) is 5.91 Å². The predicted molar refractivity (Wildman–Crippen MR) is 140 cm³/mol. The van der Waals surface area contributed by atoms with Gasteiger partial charge in [-0.1, -0.05) is 72.6 Å². The van der Waals surface area contributed by atoms with Crippen LogP contribution in [0.5, 0.6) is 5.75 Å². The second kappa shape index (κ2) is 13.2. The first-order chi connectivity index (χ1) is 16.9. The number of amides is 2. The first-order valence-electron chi connectivity index (χ1n) is 11.6. The van der Waals surface area contributed by atoms with Crippen molar-refractivity contribution in [2.45, 2.75) is 37.8 Å². The third-order valence-corrected chi connectivity index (χ3v) is 6.02. The van der Waals surface area contributed by atoms with Crippen molar-refractivity contribution < 1.29 is 14.3 Å². The monoisotopic (exact) mass is 515 g/mol. The third kappa shape index (κ3) is 7.77. The van der Waals surface area contributed by atoms with Gasteiger partial charge in [-0.2, -0.15) is 0 Å². The maximum Gasteiger partial charge on any atom is 0.256 e. The minimum absolute atomic E-state index is 0.0773. The maximum absolute atomic E-state index is 13.5. The van der Waals surface area contributed by atoms with Crippen molar-refractivity contribution in [3.05, 3.63) is 89.7 Å². The number of rotatable bonds is 12. The summed E-state index contributed by atoms with van der Waals surface area (Å²) in [6, 6.07) is 21.7. The summed E-state index contributed by atoms with van der Waals surface area (Å²) >= 11 is 11.6. The molecule has 0 unspecified atom stereocenters. The lowest BCUT2D eigenvalue weighted by Crippen LogP contribution is -2.44. The van der Waals surface area contributed by atoms with Gasteiger partial charge in [-0.05, 0) is 41.8 Å². The predicted octanol–water partition coefficient (Wildman–Crippen LogP) is 5.12. The molecule has 0 radical (unpaired) electrons. The Bertz CT molecular complexity index is 1100. The minimum Gasteiger partial charge on any atom is -0.497 e. The van der Waals surface area contributed by atoms with Gasteiger partial charge in [0.05, 0.1) is 20.2 Å². The van der Waals surface area contributed by atoms with Crippen molar-refractivity contribution >= 4 is 35.0 Å². The highest BCUT2D eigenvalue weighted by Gasteiger charge is 2.25. The van der Waals surface area contributed by atoms with Crippen LogP contribution in [0.25, 0.3) is 0 Å². The van der Waals surface area contributed by atoms with Crippen molar-refractivity contribution in [3.63, 3.8) is 0 Å². The summed E-state index contributed by atoms with van der Waals surface area (Å²) in [4.78, 5) is 27.9. The van der Waals surface area contributed by atoms with Crippen LogP contribution in [0, 0.1) is 0 Å². The molecule has 8 heteroatoms. The van der Waals surface area contributed by atoms with Crippen LogP contribution in [-0.2, 0) is 29.2 Å². The number of benzene rings is 2. The average molecular weight is 516 g/mol. The van der Waals surface area contributed by atoms with E-state index in [0.29, 0.717) is 32.6 Å². The van der Waals surface area contributed by atoms with E-state index in [1.807, 2.05) is 79.9 Å². The first-order valence-corrected chi connectivity index (χ1v) is 12.4. The van der Waals surface area contributed by atoms with Gasteiger partial charge in [0.25, 0.3) is 5.91 Å². The molecule has 35 heavy (non-hydrogen) atoms. The number of carbonyl (C=O) groups excluding carboxylic acids is 2. The molecular weight excluding hydrogens is 485 g/mol. The van der Waals surface area contributed by atoms with Gasteiger partial charge in [0.15, 0.2) is 4.84 Å². The highest BCUT2D eigenvalue weighted by molar-refractivity contribution is 6.53. The molecule has 0 spiro atoms. The topological polar surface area (TPSA) is 54.8 Å². The van der Waals surface area contributed by atoms with Gasteiger partial charge in [-0.25, -0.2) is 0 Å². The molecule has 1 aromatic heterocycles. The second-order valence-electron chi connectivity index (χ2n) is 8.27. The lowest BCUT2D eigenvalue weighted by Gasteiger charge is -2.28. The van der Waals surface area contributed by atoms with E-state index in [2.05, 4.69) is 4.57 Å². The Morgan fingerprint density at radius 1 is 0.943 bits per heavy atom. The number of aromatic nitrogens is 1. The van der Waals surface area contributed by atoms with E-state index in [4.69, 9.17) is 27.9 Å². The Morgan fingerprint density at radius 2 is 1.69 bits per heavy atom. The maximum atomic E-state index is 13.5. The zero-order chi connectivity index (χ0) is 25.2. The lowest BCUT2D eigenvalue weighted by atomic mass is 10.2. The summed E-state index contributed by atoms with van der Waals surface area (Å²) in [6.45, 7) is 3.73. The molecule has 2 aromatic carbocycles. The molecule has 186 valence electrons. The Morgan fingerprint density at radius 3 is 2.37 bits per heavy atom. The van der Waals surface area contributed by atoms with Crippen LogP contribution < -0.4 is 4.74 Å². The summed E-state index contributed by atoms with van der Waals surface area (Å²) in [5.74, 6) is 0.179. The molecule has 0 atom stereocenters. The van der Waals surface area contributed by atoms with E-state index in [-0.39, 0.29) is 12.5 Å². The molecule has 6 nitrogen and oxygen atoms in total. The SMILES string of the molecule is CCCN(CC(=O)N(Cc1ccccc1)Cc1cccn1Cc1cccc(OC)c1)C(=O)C(Cl)Cl. The molecule has 0 aliphatic carbocycles. The number of alkyl halides is 2. The van der Waals surface area contributed by atoms with Crippen LogP contribution in [0.3, 0.4) is 0 Å². The fraction of sp³-hybridized carbons (Fsp3) is 0.333. The van der Waals surface area contributed by atoms with E-state index in [1.54, 1.807) is 12.0 Å². The first kappa shape index (κ1) is 26.6. The van der Waals surface area contributed by atoms with Gasteiger partial charge >= 0.3 is 0 Å². The Hall–Kier alpha value is -2.96. The summed E-state index contributed by atoms with van der Waals surface area (Å²) < 4.78 is 7.46. The molecule has 0 saturated heterocycles. The third-order valence-electron chi connectivity index (χ3n) is 5.65. The van der Waals surface area contributed by atoms with Crippen molar-refractivity contribution in [2.24, 2.45) is 0 Å². The summed E-state index contributed by atoms with van der Waals surface area (Å²) in [5, 5.41) is 0. The van der Waals surface area contributed by atoms with E-state index in [1.165, 1.54) is 4.90 Å². The van der Waals surface area contributed by atoms with Gasteiger partial charge in [-0.3, -0.25) is 9.59 Å². The van der Waals surface area contributed by atoms with Crippen molar-refractivity contribution in [3.8, 4) is 5.75 Å². The van der Waals surface area contributed by atoms with Crippen LogP contribution >= 0.6 is 23.2 Å². The van der Waals surface area contributed by atoms with Crippen LogP contribution in [0.4, 0.5) is 0 Å². The highest BCUT2D eigenvalue weighted by atomic mass is 35.5. The van der Waals surface area contributed by atoms with Crippen molar-refractivity contribution in [1.82, 2.24) is 14.4 Å². The largest absolute Gasteiger partial charge is 0.497 e. The number of hydrogen-bond acceptors (Lipinski definition) is 3. The zero-order valence-corrected chi connectivity index (χ0v) is 21.6. The Kier molecular flexibility index (Phi) is 10.1. The van der Waals surface area contributed by atoms with E-state index < -0.39 is 10.7 Å². The Balaban J connectivity index is 1.82. The number of methoxy groups -OCH3 is 1. The zero-order valence-electron chi connectivity index (χ0n) is 20.1. The highest BCUT2D eigenvalue weighted by Crippen LogP contribution is 2.17. The fourth-order valence-electron chi connectivity index (χ4n) is 3.88. The normalized spacial score (nSPS) is 10.9. The molecule has 0 saturated carbocycles. The number of ether oxygens (including phenoxy) is 1. The van der Waals surface area contributed by atoms with E-state index in [0.717, 1.165) is 22.6 Å². The number of halogens is 2. The molecule has 1 heterocycles. The molecule has 0 fully saturated rings. The average Bonchev–Trinajstić information content (AvgIpc) is 3.29. The minimum atomic E-state index is -1.20. The molecular formula is C27H31Cl2N3O3. The summed E-state index contributed by atoms with van der Waals surface area (Å²) in [7, 11) is 1.65. The van der Waals surface area contributed by atoms with Crippen LogP contribution in [0.15, 0.2) is 72.9 Å². The van der Waals surface area contributed by atoms with Crippen molar-refractivity contribution in [1.29, 1.82) is 0 Å². The molecule has 0 bridgehead atoms. The number of carbonyl (C=O) groups is 2.